The zero-order chi connectivity index (χ0) is 13.5. The number of thiazole rings is 1. The third-order valence-electron chi connectivity index (χ3n) is 3.30. The van der Waals surface area contributed by atoms with Gasteiger partial charge in [-0.2, -0.15) is 0 Å². The fourth-order valence-corrected chi connectivity index (χ4v) is 2.90. The first-order valence-corrected chi connectivity index (χ1v) is 7.85. The number of aromatic nitrogens is 1. The smallest absolute Gasteiger partial charge is 0.185 e. The monoisotopic (exact) mass is 269 g/mol. The van der Waals surface area contributed by atoms with Gasteiger partial charge in [0, 0.05) is 24.5 Å². The zero-order valence-corrected chi connectivity index (χ0v) is 13.2. The Kier molecular flexibility index (Phi) is 6.65. The van der Waals surface area contributed by atoms with Gasteiger partial charge in [-0.05, 0) is 26.3 Å². The molecule has 0 fully saturated rings. The van der Waals surface area contributed by atoms with E-state index in [-0.39, 0.29) is 0 Å². The molecule has 104 valence electrons. The quantitative estimate of drug-likeness (QED) is 0.783. The average Bonchev–Trinajstić information content (AvgIpc) is 2.74. The summed E-state index contributed by atoms with van der Waals surface area (Å²) in [7, 11) is 0. The summed E-state index contributed by atoms with van der Waals surface area (Å²) >= 11 is 1.84. The summed E-state index contributed by atoms with van der Waals surface area (Å²) in [5, 5.41) is 4.56. The van der Waals surface area contributed by atoms with Gasteiger partial charge in [0.1, 0.15) is 0 Å². The molecule has 0 aromatic carbocycles. The molecule has 0 radical (unpaired) electrons. The van der Waals surface area contributed by atoms with Crippen molar-refractivity contribution >= 4 is 16.5 Å². The lowest BCUT2D eigenvalue weighted by atomic mass is 10.1. The Morgan fingerprint density at radius 3 is 2.61 bits per heavy atom. The molecule has 0 aliphatic rings. The molecule has 18 heavy (non-hydrogen) atoms. The normalized spacial score (nSPS) is 12.7. The molecule has 3 nitrogen and oxygen atoms in total. The van der Waals surface area contributed by atoms with Gasteiger partial charge in [0.25, 0.3) is 0 Å². The maximum absolute atomic E-state index is 4.73. The topological polar surface area (TPSA) is 28.2 Å². The number of anilines is 1. The minimum absolute atomic E-state index is 0.728. The Hall–Kier alpha value is -0.610. The van der Waals surface area contributed by atoms with E-state index in [0.29, 0.717) is 0 Å². The maximum atomic E-state index is 4.73. The van der Waals surface area contributed by atoms with Crippen LogP contribution in [-0.4, -0.2) is 24.6 Å². The molecule has 1 heterocycles. The number of hydrogen-bond donors (Lipinski definition) is 1. The van der Waals surface area contributed by atoms with Crippen LogP contribution in [0.2, 0.25) is 0 Å². The van der Waals surface area contributed by atoms with Crippen molar-refractivity contribution in [3.63, 3.8) is 0 Å². The second kappa shape index (κ2) is 7.74. The number of nitrogens with one attached hydrogen (secondary N) is 1. The van der Waals surface area contributed by atoms with Crippen molar-refractivity contribution in [3.05, 3.63) is 10.6 Å². The molecule has 1 atom stereocenters. The van der Waals surface area contributed by atoms with Gasteiger partial charge in [-0.1, -0.05) is 27.2 Å². The molecule has 1 aromatic rings. The van der Waals surface area contributed by atoms with Gasteiger partial charge in [-0.15, -0.1) is 11.3 Å². The minimum atomic E-state index is 0.728. The zero-order valence-electron chi connectivity index (χ0n) is 12.4. The van der Waals surface area contributed by atoms with Crippen molar-refractivity contribution in [1.29, 1.82) is 0 Å². The lowest BCUT2D eigenvalue weighted by molar-refractivity contribution is 0.547. The highest BCUT2D eigenvalue weighted by atomic mass is 32.1. The van der Waals surface area contributed by atoms with Crippen LogP contribution in [0.25, 0.3) is 0 Å². The molecule has 0 spiro atoms. The van der Waals surface area contributed by atoms with Crippen LogP contribution in [0.15, 0.2) is 0 Å². The second-order valence-electron chi connectivity index (χ2n) is 4.84. The van der Waals surface area contributed by atoms with E-state index in [1.807, 2.05) is 11.3 Å². The molecule has 1 aromatic heterocycles. The van der Waals surface area contributed by atoms with Crippen LogP contribution in [0, 0.1) is 12.8 Å². The molecule has 0 aliphatic heterocycles. The van der Waals surface area contributed by atoms with Gasteiger partial charge in [0.05, 0.1) is 5.69 Å². The van der Waals surface area contributed by atoms with Gasteiger partial charge >= 0.3 is 0 Å². The van der Waals surface area contributed by atoms with Crippen LogP contribution in [0.1, 0.15) is 44.7 Å². The Labute approximate surface area is 116 Å². The molecule has 1 N–H and O–H groups in total. The van der Waals surface area contributed by atoms with E-state index in [4.69, 9.17) is 4.98 Å². The number of aryl methyl sites for hydroxylation is 1. The fraction of sp³-hybridized carbons (Fsp3) is 0.786. The predicted molar refractivity (Wildman–Crippen MR) is 81.6 cm³/mol. The van der Waals surface area contributed by atoms with Crippen LogP contribution in [-0.2, 0) is 6.54 Å². The predicted octanol–water partition coefficient (Wildman–Crippen LogP) is 3.43. The fourth-order valence-electron chi connectivity index (χ4n) is 1.80. The van der Waals surface area contributed by atoms with Crippen molar-refractivity contribution in [2.75, 3.05) is 24.5 Å². The highest BCUT2D eigenvalue weighted by molar-refractivity contribution is 7.15. The summed E-state index contributed by atoms with van der Waals surface area (Å²) in [5.41, 5.74) is 1.18. The van der Waals surface area contributed by atoms with Crippen LogP contribution in [0.3, 0.4) is 0 Å². The van der Waals surface area contributed by atoms with Gasteiger partial charge in [0.15, 0.2) is 5.13 Å². The third kappa shape index (κ3) is 4.25. The molecule has 1 unspecified atom stereocenters. The first-order valence-electron chi connectivity index (χ1n) is 7.04. The Morgan fingerprint density at radius 1 is 1.33 bits per heavy atom. The van der Waals surface area contributed by atoms with Crippen LogP contribution >= 0.6 is 11.3 Å². The standard InChI is InChI=1S/C14H27N3S/c1-6-11(4)10-17(8-3)14-16-12(5)13(18-14)9-15-7-2/h11,15H,6-10H2,1-5H3. The lowest BCUT2D eigenvalue weighted by Crippen LogP contribution is -2.27. The van der Waals surface area contributed by atoms with Crippen LogP contribution in [0.5, 0.6) is 0 Å². The first kappa shape index (κ1) is 15.4. The van der Waals surface area contributed by atoms with E-state index >= 15 is 0 Å². The second-order valence-corrected chi connectivity index (χ2v) is 5.90. The van der Waals surface area contributed by atoms with E-state index in [0.717, 1.165) is 32.1 Å². The van der Waals surface area contributed by atoms with Crippen LogP contribution < -0.4 is 10.2 Å². The van der Waals surface area contributed by atoms with E-state index in [2.05, 4.69) is 44.8 Å². The molecule has 0 bridgehead atoms. The van der Waals surface area contributed by atoms with Crippen molar-refractivity contribution < 1.29 is 0 Å². The lowest BCUT2D eigenvalue weighted by Gasteiger charge is -2.23. The number of rotatable bonds is 8. The van der Waals surface area contributed by atoms with Crippen molar-refractivity contribution in [2.45, 2.75) is 47.6 Å². The van der Waals surface area contributed by atoms with E-state index in [1.165, 1.54) is 22.1 Å². The Bertz CT molecular complexity index is 349. The molecule has 0 aliphatic carbocycles. The van der Waals surface area contributed by atoms with Gasteiger partial charge in [-0.25, -0.2) is 4.98 Å². The minimum Gasteiger partial charge on any atom is -0.348 e. The Balaban J connectivity index is 2.74. The molecular weight excluding hydrogens is 242 g/mol. The summed E-state index contributed by atoms with van der Waals surface area (Å²) in [4.78, 5) is 8.50. The summed E-state index contributed by atoms with van der Waals surface area (Å²) < 4.78 is 0. The molecule has 0 amide bonds. The van der Waals surface area contributed by atoms with Gasteiger partial charge in [0.2, 0.25) is 0 Å². The highest BCUT2D eigenvalue weighted by Gasteiger charge is 2.14. The van der Waals surface area contributed by atoms with Crippen molar-refractivity contribution in [3.8, 4) is 0 Å². The van der Waals surface area contributed by atoms with Crippen molar-refractivity contribution in [2.24, 2.45) is 5.92 Å². The van der Waals surface area contributed by atoms with E-state index in [9.17, 15) is 0 Å². The number of hydrogen-bond acceptors (Lipinski definition) is 4. The summed E-state index contributed by atoms with van der Waals surface area (Å²) in [6.45, 7) is 15.1. The summed E-state index contributed by atoms with van der Waals surface area (Å²) in [6, 6.07) is 0. The van der Waals surface area contributed by atoms with E-state index in [1.54, 1.807) is 0 Å². The molecular formula is C14H27N3S. The molecule has 1 rings (SSSR count). The molecule has 0 saturated carbocycles. The van der Waals surface area contributed by atoms with Gasteiger partial charge in [-0.3, -0.25) is 0 Å². The summed E-state index contributed by atoms with van der Waals surface area (Å²) in [5.74, 6) is 0.728. The first-order chi connectivity index (χ1) is 8.62. The average molecular weight is 269 g/mol. The SMILES string of the molecule is CCNCc1sc(N(CC)CC(C)CC)nc1C. The van der Waals surface area contributed by atoms with Crippen LogP contribution in [0.4, 0.5) is 5.13 Å². The maximum Gasteiger partial charge on any atom is 0.185 e. The summed E-state index contributed by atoms with van der Waals surface area (Å²) in [6.07, 6.45) is 1.23. The number of nitrogens with zero attached hydrogens (tertiary/aromatic N) is 2. The molecule has 0 saturated heterocycles. The Morgan fingerprint density at radius 2 is 2.06 bits per heavy atom. The van der Waals surface area contributed by atoms with Crippen molar-refractivity contribution in [1.82, 2.24) is 10.3 Å². The third-order valence-corrected chi connectivity index (χ3v) is 4.52. The highest BCUT2D eigenvalue weighted by Crippen LogP contribution is 2.26. The van der Waals surface area contributed by atoms with E-state index < -0.39 is 0 Å². The van der Waals surface area contributed by atoms with Gasteiger partial charge < -0.3 is 10.2 Å². The largest absolute Gasteiger partial charge is 0.348 e. The molecule has 4 heteroatoms.